The predicted molar refractivity (Wildman–Crippen MR) is 71.0 cm³/mol. The van der Waals surface area contributed by atoms with Crippen LogP contribution < -0.4 is 20.9 Å². The smallest absolute Gasteiger partial charge is 0.416 e. The average molecular weight is 269 g/mol. The summed E-state index contributed by atoms with van der Waals surface area (Å²) in [5.41, 5.74) is 11.3. The molecular formula is C11H19N5O3. The van der Waals surface area contributed by atoms with E-state index in [0.717, 1.165) is 0 Å². The van der Waals surface area contributed by atoms with Gasteiger partial charge in [-0.05, 0) is 20.8 Å². The van der Waals surface area contributed by atoms with E-state index in [9.17, 15) is 4.79 Å². The number of hydrogen-bond acceptors (Lipinski definition) is 7. The highest BCUT2D eigenvalue weighted by Crippen LogP contribution is 2.29. The van der Waals surface area contributed by atoms with Crippen LogP contribution in [0.4, 0.5) is 16.4 Å². The van der Waals surface area contributed by atoms with Gasteiger partial charge in [-0.1, -0.05) is 0 Å². The first-order chi connectivity index (χ1) is 9.03. The Bertz CT molecular complexity index is 448. The molecule has 1 rings (SSSR count). The molecule has 4 N–H and O–H groups in total. The van der Waals surface area contributed by atoms with Gasteiger partial charge in [0.2, 0.25) is 11.8 Å². The second-order valence-electron chi connectivity index (χ2n) is 3.58. The number of carbonyl (C=O) groups is 1. The van der Waals surface area contributed by atoms with Gasteiger partial charge in [0.15, 0.2) is 5.69 Å². The summed E-state index contributed by atoms with van der Waals surface area (Å²) in [6.07, 6.45) is -0.544. The van der Waals surface area contributed by atoms with E-state index in [1.165, 1.54) is 4.90 Å². The van der Waals surface area contributed by atoms with Gasteiger partial charge in [0.25, 0.3) is 5.88 Å². The van der Waals surface area contributed by atoms with Crippen molar-refractivity contribution < 1.29 is 14.3 Å². The molecule has 106 valence electrons. The van der Waals surface area contributed by atoms with E-state index in [1.807, 2.05) is 13.8 Å². The molecule has 0 fully saturated rings. The Hall–Kier alpha value is -2.25. The Kier molecular flexibility index (Phi) is 5.16. The molecule has 1 aromatic heterocycles. The average Bonchev–Trinajstić information content (AvgIpc) is 2.36. The number of anilines is 2. The summed E-state index contributed by atoms with van der Waals surface area (Å²) in [5, 5.41) is 0. The van der Waals surface area contributed by atoms with E-state index < -0.39 is 6.09 Å². The van der Waals surface area contributed by atoms with Crippen molar-refractivity contribution in [3.63, 3.8) is 0 Å². The van der Waals surface area contributed by atoms with Crippen LogP contribution in [0.3, 0.4) is 0 Å². The Morgan fingerprint density at radius 1 is 1.16 bits per heavy atom. The Morgan fingerprint density at radius 3 is 2.26 bits per heavy atom. The number of nitrogen functional groups attached to an aromatic ring is 2. The zero-order valence-electron chi connectivity index (χ0n) is 11.3. The number of hydrogen-bond donors (Lipinski definition) is 2. The zero-order valence-corrected chi connectivity index (χ0v) is 11.3. The molecule has 1 amide bonds. The molecule has 1 heterocycles. The normalized spacial score (nSPS) is 10.1. The molecule has 0 aromatic carbocycles. The van der Waals surface area contributed by atoms with Gasteiger partial charge >= 0.3 is 6.09 Å². The van der Waals surface area contributed by atoms with Crippen LogP contribution in [-0.4, -0.2) is 40.7 Å². The molecule has 0 atom stereocenters. The predicted octanol–water partition coefficient (Wildman–Crippen LogP) is 0.880. The first-order valence-electron chi connectivity index (χ1n) is 6.05. The molecule has 0 radical (unpaired) electrons. The van der Waals surface area contributed by atoms with E-state index in [1.54, 1.807) is 6.92 Å². The minimum Gasteiger partial charge on any atom is -0.476 e. The summed E-state index contributed by atoms with van der Waals surface area (Å²) in [7, 11) is 0. The molecule has 8 heteroatoms. The number of nitrogens with zero attached hydrogens (tertiary/aromatic N) is 3. The lowest BCUT2D eigenvalue weighted by Crippen LogP contribution is -2.33. The lowest BCUT2D eigenvalue weighted by Gasteiger charge is -2.18. The van der Waals surface area contributed by atoms with Gasteiger partial charge in [0.1, 0.15) is 0 Å². The Labute approximate surface area is 111 Å². The summed E-state index contributed by atoms with van der Waals surface area (Å²) in [4.78, 5) is 20.9. The number of aromatic nitrogens is 2. The molecule has 1 aromatic rings. The van der Waals surface area contributed by atoms with Crippen LogP contribution in [0.5, 0.6) is 11.8 Å². The third-order valence-electron chi connectivity index (χ3n) is 2.38. The fraction of sp³-hybridized carbons (Fsp3) is 0.545. The lowest BCUT2D eigenvalue weighted by molar-refractivity contribution is 0.155. The minimum atomic E-state index is -0.544. The minimum absolute atomic E-state index is 0.0524. The van der Waals surface area contributed by atoms with Gasteiger partial charge in [0, 0.05) is 13.1 Å². The van der Waals surface area contributed by atoms with Crippen molar-refractivity contribution in [1.29, 1.82) is 0 Å². The summed E-state index contributed by atoms with van der Waals surface area (Å²) < 4.78 is 10.3. The van der Waals surface area contributed by atoms with Gasteiger partial charge in [-0.25, -0.2) is 4.79 Å². The molecule has 0 aliphatic carbocycles. The third kappa shape index (κ3) is 3.60. The second-order valence-corrected chi connectivity index (χ2v) is 3.58. The number of ether oxygens (including phenoxy) is 2. The zero-order chi connectivity index (χ0) is 14.4. The number of rotatable bonds is 5. The molecule has 8 nitrogen and oxygen atoms in total. The van der Waals surface area contributed by atoms with E-state index in [0.29, 0.717) is 19.7 Å². The molecule has 0 aliphatic heterocycles. The monoisotopic (exact) mass is 269 g/mol. The van der Waals surface area contributed by atoms with Crippen molar-refractivity contribution in [1.82, 2.24) is 14.9 Å². The van der Waals surface area contributed by atoms with Gasteiger partial charge in [-0.2, -0.15) is 9.97 Å². The maximum atomic E-state index is 11.8. The molecule has 0 spiro atoms. The van der Waals surface area contributed by atoms with Gasteiger partial charge in [0.05, 0.1) is 6.61 Å². The second kappa shape index (κ2) is 6.62. The fourth-order valence-corrected chi connectivity index (χ4v) is 1.40. The Balaban J connectivity index is 2.97. The standard InChI is InChI=1S/C11H19N5O3/c1-4-16(5-2)11(17)19-9-7(12)8(18-6-3)14-10(13)15-9/h4-6,12H2,1-3H3,(H2,13,14,15). The maximum Gasteiger partial charge on any atom is 0.416 e. The SMILES string of the molecule is CCOc1nc(N)nc(OC(=O)N(CC)CC)c1N. The summed E-state index contributed by atoms with van der Waals surface area (Å²) in [6, 6.07) is 0. The summed E-state index contributed by atoms with van der Waals surface area (Å²) in [5.74, 6) is -0.0507. The fourth-order valence-electron chi connectivity index (χ4n) is 1.40. The summed E-state index contributed by atoms with van der Waals surface area (Å²) in [6.45, 7) is 6.87. The molecule has 0 unspecified atom stereocenters. The molecule has 0 saturated heterocycles. The number of nitrogens with two attached hydrogens (primary N) is 2. The van der Waals surface area contributed by atoms with Crippen molar-refractivity contribution in [2.24, 2.45) is 0 Å². The van der Waals surface area contributed by atoms with Gasteiger partial charge in [-0.15, -0.1) is 0 Å². The first kappa shape index (κ1) is 14.8. The van der Waals surface area contributed by atoms with Crippen molar-refractivity contribution in [2.75, 3.05) is 31.2 Å². The molecule has 0 saturated carbocycles. The van der Waals surface area contributed by atoms with Crippen molar-refractivity contribution in [3.05, 3.63) is 0 Å². The third-order valence-corrected chi connectivity index (χ3v) is 2.38. The number of amides is 1. The van der Waals surface area contributed by atoms with Gasteiger partial charge < -0.3 is 25.8 Å². The van der Waals surface area contributed by atoms with Crippen LogP contribution >= 0.6 is 0 Å². The van der Waals surface area contributed by atoms with Crippen LogP contribution in [0.1, 0.15) is 20.8 Å². The van der Waals surface area contributed by atoms with E-state index in [-0.39, 0.29) is 23.4 Å². The number of carbonyl (C=O) groups excluding carboxylic acids is 1. The molecule has 0 bridgehead atoms. The topological polar surface area (TPSA) is 117 Å². The highest BCUT2D eigenvalue weighted by atomic mass is 16.6. The Morgan fingerprint density at radius 2 is 1.74 bits per heavy atom. The van der Waals surface area contributed by atoms with Crippen LogP contribution in [-0.2, 0) is 0 Å². The largest absolute Gasteiger partial charge is 0.476 e. The van der Waals surface area contributed by atoms with Crippen molar-refractivity contribution in [2.45, 2.75) is 20.8 Å². The van der Waals surface area contributed by atoms with E-state index in [4.69, 9.17) is 20.9 Å². The van der Waals surface area contributed by atoms with Crippen LogP contribution in [0.2, 0.25) is 0 Å². The molecule has 19 heavy (non-hydrogen) atoms. The van der Waals surface area contributed by atoms with E-state index >= 15 is 0 Å². The van der Waals surface area contributed by atoms with Crippen molar-refractivity contribution >= 4 is 17.7 Å². The molecular weight excluding hydrogens is 250 g/mol. The van der Waals surface area contributed by atoms with Crippen LogP contribution in [0.15, 0.2) is 0 Å². The quantitative estimate of drug-likeness (QED) is 0.814. The lowest BCUT2D eigenvalue weighted by atomic mass is 10.5. The highest BCUT2D eigenvalue weighted by Gasteiger charge is 2.19. The first-order valence-corrected chi connectivity index (χ1v) is 6.05. The van der Waals surface area contributed by atoms with Crippen LogP contribution in [0.25, 0.3) is 0 Å². The molecule has 0 aliphatic rings. The highest BCUT2D eigenvalue weighted by molar-refractivity contribution is 5.73. The van der Waals surface area contributed by atoms with Crippen molar-refractivity contribution in [3.8, 4) is 11.8 Å². The summed E-state index contributed by atoms with van der Waals surface area (Å²) >= 11 is 0. The van der Waals surface area contributed by atoms with E-state index in [2.05, 4.69) is 9.97 Å². The van der Waals surface area contributed by atoms with Crippen LogP contribution in [0, 0.1) is 0 Å². The maximum absolute atomic E-state index is 11.8. The van der Waals surface area contributed by atoms with Gasteiger partial charge in [-0.3, -0.25) is 0 Å².